The molecule has 0 bridgehead atoms. The molecule has 2 saturated heterocycles. The molecule has 0 radical (unpaired) electrons. The van der Waals surface area contributed by atoms with Gasteiger partial charge in [-0.15, -0.1) is 0 Å². The number of imide groups is 1. The lowest BCUT2D eigenvalue weighted by atomic mass is 9.82. The molecule has 4 rings (SSSR count). The number of hydrogen-bond acceptors (Lipinski definition) is 5. The lowest BCUT2D eigenvalue weighted by Crippen LogP contribution is -2.52. The van der Waals surface area contributed by atoms with Gasteiger partial charge in [-0.05, 0) is 24.5 Å². The second-order valence-corrected chi connectivity index (χ2v) is 7.98. The minimum absolute atomic E-state index is 0.155. The van der Waals surface area contributed by atoms with Crippen molar-refractivity contribution in [3.63, 3.8) is 0 Å². The maximum absolute atomic E-state index is 12.8. The molecule has 0 atom stereocenters. The largest absolute Gasteiger partial charge is 0.339 e. The molecular formula is C20H27N5O3. The van der Waals surface area contributed by atoms with Crippen molar-refractivity contribution < 1.29 is 14.4 Å². The van der Waals surface area contributed by atoms with Gasteiger partial charge in [-0.3, -0.25) is 24.4 Å². The van der Waals surface area contributed by atoms with Gasteiger partial charge in [0.1, 0.15) is 12.1 Å². The van der Waals surface area contributed by atoms with E-state index in [2.05, 4.69) is 15.2 Å². The van der Waals surface area contributed by atoms with Gasteiger partial charge in [0, 0.05) is 45.1 Å². The summed E-state index contributed by atoms with van der Waals surface area (Å²) in [5.74, 6) is -0.377. The first kappa shape index (κ1) is 18.9. The summed E-state index contributed by atoms with van der Waals surface area (Å²) in [6.07, 6.45) is 7.93. The first-order valence-electron chi connectivity index (χ1n) is 10.1. The van der Waals surface area contributed by atoms with Gasteiger partial charge in [0.2, 0.25) is 5.91 Å². The van der Waals surface area contributed by atoms with Crippen LogP contribution < -0.4 is 5.32 Å². The number of amides is 4. The van der Waals surface area contributed by atoms with E-state index in [1.807, 2.05) is 18.3 Å². The Morgan fingerprint density at radius 1 is 1.11 bits per heavy atom. The first-order valence-corrected chi connectivity index (χ1v) is 10.1. The zero-order valence-corrected chi connectivity index (χ0v) is 16.1. The molecule has 1 saturated carbocycles. The third-order valence-corrected chi connectivity index (χ3v) is 6.10. The number of piperazine rings is 1. The molecule has 2 aliphatic heterocycles. The smallest absolute Gasteiger partial charge is 0.325 e. The second kappa shape index (κ2) is 7.87. The van der Waals surface area contributed by atoms with E-state index in [0.717, 1.165) is 49.4 Å². The Hall–Kier alpha value is -2.48. The van der Waals surface area contributed by atoms with Crippen LogP contribution in [0.3, 0.4) is 0 Å². The standard InChI is InChI=1S/C20H27N5O3/c26-17(15-25-18(27)20(22-19(25)28)6-2-1-3-7-20)24-11-9-23(10-12-24)14-16-5-4-8-21-13-16/h4-5,8,13H,1-3,6-7,9-12,14-15H2,(H,22,28). The topological polar surface area (TPSA) is 85.8 Å². The molecule has 3 aliphatic rings. The van der Waals surface area contributed by atoms with Crippen molar-refractivity contribution in [3.05, 3.63) is 30.1 Å². The van der Waals surface area contributed by atoms with Crippen molar-refractivity contribution in [3.8, 4) is 0 Å². The first-order chi connectivity index (χ1) is 13.6. The Bertz CT molecular complexity index is 739. The van der Waals surface area contributed by atoms with Gasteiger partial charge >= 0.3 is 6.03 Å². The number of aromatic nitrogens is 1. The molecular weight excluding hydrogens is 358 g/mol. The average Bonchev–Trinajstić information content (AvgIpc) is 2.94. The zero-order chi connectivity index (χ0) is 19.6. The Morgan fingerprint density at radius 2 is 1.86 bits per heavy atom. The lowest BCUT2D eigenvalue weighted by molar-refractivity contribution is -0.140. The van der Waals surface area contributed by atoms with Crippen molar-refractivity contribution in [1.82, 2.24) is 25.0 Å². The highest BCUT2D eigenvalue weighted by atomic mass is 16.2. The summed E-state index contributed by atoms with van der Waals surface area (Å²) in [5, 5.41) is 2.86. The van der Waals surface area contributed by atoms with E-state index in [1.54, 1.807) is 11.1 Å². The fraction of sp³-hybridized carbons (Fsp3) is 0.600. The Labute approximate surface area is 164 Å². The Balaban J connectivity index is 1.30. The maximum atomic E-state index is 12.8. The molecule has 0 unspecified atom stereocenters. The summed E-state index contributed by atoms with van der Waals surface area (Å²) < 4.78 is 0. The lowest BCUT2D eigenvalue weighted by Gasteiger charge is -2.35. The molecule has 1 aliphatic carbocycles. The molecule has 1 spiro atoms. The van der Waals surface area contributed by atoms with Crippen molar-refractivity contribution in [2.24, 2.45) is 0 Å². The number of nitrogens with one attached hydrogen (secondary N) is 1. The predicted molar refractivity (Wildman–Crippen MR) is 102 cm³/mol. The van der Waals surface area contributed by atoms with Crippen molar-refractivity contribution in [2.75, 3.05) is 32.7 Å². The van der Waals surface area contributed by atoms with Crippen molar-refractivity contribution in [2.45, 2.75) is 44.2 Å². The van der Waals surface area contributed by atoms with E-state index in [-0.39, 0.29) is 18.4 Å². The van der Waals surface area contributed by atoms with Crippen LogP contribution in [0.15, 0.2) is 24.5 Å². The summed E-state index contributed by atoms with van der Waals surface area (Å²) in [7, 11) is 0. The van der Waals surface area contributed by atoms with Gasteiger partial charge in [0.25, 0.3) is 5.91 Å². The van der Waals surface area contributed by atoms with Crippen LogP contribution in [0.25, 0.3) is 0 Å². The zero-order valence-electron chi connectivity index (χ0n) is 16.1. The fourth-order valence-corrected chi connectivity index (χ4v) is 4.45. The molecule has 1 N–H and O–H groups in total. The maximum Gasteiger partial charge on any atom is 0.325 e. The van der Waals surface area contributed by atoms with Crippen molar-refractivity contribution in [1.29, 1.82) is 0 Å². The number of pyridine rings is 1. The van der Waals surface area contributed by atoms with Gasteiger partial charge in [0.05, 0.1) is 0 Å². The summed E-state index contributed by atoms with van der Waals surface area (Å²) in [6.45, 7) is 3.40. The summed E-state index contributed by atoms with van der Waals surface area (Å²) in [4.78, 5) is 47.2. The summed E-state index contributed by atoms with van der Waals surface area (Å²) in [5.41, 5.74) is 0.386. The monoisotopic (exact) mass is 385 g/mol. The van der Waals surface area contributed by atoms with Crippen LogP contribution in [0.5, 0.6) is 0 Å². The van der Waals surface area contributed by atoms with E-state index in [4.69, 9.17) is 0 Å². The predicted octanol–water partition coefficient (Wildman–Crippen LogP) is 0.981. The van der Waals surface area contributed by atoms with E-state index >= 15 is 0 Å². The Morgan fingerprint density at radius 3 is 2.54 bits per heavy atom. The number of nitrogens with zero attached hydrogens (tertiary/aromatic N) is 4. The van der Waals surface area contributed by atoms with Crippen LogP contribution in [0.2, 0.25) is 0 Å². The molecule has 1 aromatic rings. The normalized spacial score (nSPS) is 22.6. The molecule has 3 heterocycles. The van der Waals surface area contributed by atoms with E-state index < -0.39 is 11.6 Å². The number of carbonyl (C=O) groups is 3. The van der Waals surface area contributed by atoms with Gasteiger partial charge < -0.3 is 10.2 Å². The minimum Gasteiger partial charge on any atom is -0.339 e. The Kier molecular flexibility index (Phi) is 5.30. The number of rotatable bonds is 4. The molecule has 8 heteroatoms. The van der Waals surface area contributed by atoms with E-state index in [9.17, 15) is 14.4 Å². The molecule has 28 heavy (non-hydrogen) atoms. The van der Waals surface area contributed by atoms with Crippen LogP contribution in [0.1, 0.15) is 37.7 Å². The van der Waals surface area contributed by atoms with E-state index in [1.165, 1.54) is 0 Å². The quantitative estimate of drug-likeness (QED) is 0.781. The SMILES string of the molecule is O=C(CN1C(=O)NC2(CCCCC2)C1=O)N1CCN(Cc2cccnc2)CC1. The highest BCUT2D eigenvalue weighted by molar-refractivity contribution is 6.09. The molecule has 4 amide bonds. The van der Waals surface area contributed by atoms with Crippen LogP contribution >= 0.6 is 0 Å². The number of carbonyl (C=O) groups excluding carboxylic acids is 3. The van der Waals surface area contributed by atoms with Gasteiger partial charge in [-0.1, -0.05) is 25.3 Å². The highest BCUT2D eigenvalue weighted by Crippen LogP contribution is 2.33. The summed E-state index contributed by atoms with van der Waals surface area (Å²) in [6, 6.07) is 3.55. The molecule has 0 aromatic carbocycles. The number of hydrogen-bond donors (Lipinski definition) is 1. The van der Waals surface area contributed by atoms with E-state index in [0.29, 0.717) is 25.9 Å². The number of urea groups is 1. The molecule has 8 nitrogen and oxygen atoms in total. The summed E-state index contributed by atoms with van der Waals surface area (Å²) >= 11 is 0. The van der Waals surface area contributed by atoms with Crippen LogP contribution in [-0.2, 0) is 16.1 Å². The van der Waals surface area contributed by atoms with Crippen LogP contribution in [0.4, 0.5) is 4.79 Å². The van der Waals surface area contributed by atoms with Gasteiger partial charge in [-0.25, -0.2) is 4.79 Å². The molecule has 150 valence electrons. The van der Waals surface area contributed by atoms with Crippen LogP contribution in [0, 0.1) is 0 Å². The third-order valence-electron chi connectivity index (χ3n) is 6.10. The van der Waals surface area contributed by atoms with Gasteiger partial charge in [-0.2, -0.15) is 0 Å². The van der Waals surface area contributed by atoms with Crippen LogP contribution in [-0.4, -0.2) is 75.8 Å². The van der Waals surface area contributed by atoms with Gasteiger partial charge in [0.15, 0.2) is 0 Å². The minimum atomic E-state index is -0.766. The third kappa shape index (κ3) is 3.73. The molecule has 1 aromatic heterocycles. The molecule has 3 fully saturated rings. The highest BCUT2D eigenvalue weighted by Gasteiger charge is 2.51. The average molecular weight is 385 g/mol. The second-order valence-electron chi connectivity index (χ2n) is 7.98. The van der Waals surface area contributed by atoms with Crippen molar-refractivity contribution >= 4 is 17.8 Å². The fourth-order valence-electron chi connectivity index (χ4n) is 4.45.